The zero-order valence-corrected chi connectivity index (χ0v) is 9.90. The number of aromatic nitrogens is 2. The molecule has 1 aliphatic heterocycles. The Morgan fingerprint density at radius 3 is 2.31 bits per heavy atom. The normalized spacial score (nSPS) is 23.1. The fraction of sp³-hybridized carbons (Fsp3) is 0.667. The molecule has 0 radical (unpaired) electrons. The average molecular weight is 218 g/mol. The molecule has 0 amide bonds. The number of rotatable bonds is 2. The standard InChI is InChI=1S/C12H18N4/c1-8-5-9(2)15-11(14-8)16-6-12(13,7-16)10-3-4-10/h5,10H,3-4,6-7,13H2,1-2H3. The number of aryl methyl sites for hydroxylation is 2. The molecule has 2 N–H and O–H groups in total. The summed E-state index contributed by atoms with van der Waals surface area (Å²) in [5.74, 6) is 1.59. The lowest BCUT2D eigenvalue weighted by Gasteiger charge is -2.48. The van der Waals surface area contributed by atoms with Gasteiger partial charge in [-0.3, -0.25) is 0 Å². The first-order chi connectivity index (χ1) is 7.57. The predicted molar refractivity (Wildman–Crippen MR) is 63.4 cm³/mol. The van der Waals surface area contributed by atoms with Crippen molar-refractivity contribution >= 4 is 5.95 Å². The van der Waals surface area contributed by atoms with E-state index >= 15 is 0 Å². The van der Waals surface area contributed by atoms with Gasteiger partial charge in [-0.05, 0) is 38.7 Å². The van der Waals surface area contributed by atoms with Gasteiger partial charge in [0.05, 0.1) is 5.54 Å². The van der Waals surface area contributed by atoms with Crippen molar-refractivity contribution in [3.63, 3.8) is 0 Å². The van der Waals surface area contributed by atoms with Gasteiger partial charge in [-0.2, -0.15) is 0 Å². The van der Waals surface area contributed by atoms with E-state index in [1.165, 1.54) is 12.8 Å². The predicted octanol–water partition coefficient (Wildman–Crippen LogP) is 1.02. The Kier molecular flexibility index (Phi) is 1.98. The van der Waals surface area contributed by atoms with Gasteiger partial charge in [0.1, 0.15) is 0 Å². The van der Waals surface area contributed by atoms with Crippen molar-refractivity contribution in [1.82, 2.24) is 9.97 Å². The van der Waals surface area contributed by atoms with Crippen molar-refractivity contribution < 1.29 is 0 Å². The first-order valence-corrected chi connectivity index (χ1v) is 5.93. The van der Waals surface area contributed by atoms with Gasteiger partial charge in [-0.25, -0.2) is 9.97 Å². The molecule has 0 bridgehead atoms. The van der Waals surface area contributed by atoms with Crippen LogP contribution in [0.3, 0.4) is 0 Å². The minimum atomic E-state index is 0.0427. The Balaban J connectivity index is 1.75. The van der Waals surface area contributed by atoms with Crippen molar-refractivity contribution in [3.8, 4) is 0 Å². The highest BCUT2D eigenvalue weighted by Crippen LogP contribution is 2.43. The molecule has 86 valence electrons. The van der Waals surface area contributed by atoms with E-state index in [0.717, 1.165) is 36.3 Å². The van der Waals surface area contributed by atoms with Crippen molar-refractivity contribution in [1.29, 1.82) is 0 Å². The molecule has 2 aliphatic rings. The number of anilines is 1. The molecule has 1 aromatic heterocycles. The lowest BCUT2D eigenvalue weighted by Crippen LogP contribution is -2.69. The minimum Gasteiger partial charge on any atom is -0.337 e. The fourth-order valence-corrected chi connectivity index (χ4v) is 2.57. The Labute approximate surface area is 95.9 Å². The third-order valence-electron chi connectivity index (χ3n) is 3.61. The summed E-state index contributed by atoms with van der Waals surface area (Å²) >= 11 is 0. The second kappa shape index (κ2) is 3.17. The number of hydrogen-bond acceptors (Lipinski definition) is 4. The number of nitrogens with two attached hydrogens (primary N) is 1. The average Bonchev–Trinajstić information content (AvgIpc) is 2.94. The van der Waals surface area contributed by atoms with Crippen LogP contribution in [0.25, 0.3) is 0 Å². The van der Waals surface area contributed by atoms with Crippen LogP contribution in [-0.4, -0.2) is 28.6 Å². The molecular weight excluding hydrogens is 200 g/mol. The topological polar surface area (TPSA) is 55.0 Å². The third-order valence-corrected chi connectivity index (χ3v) is 3.61. The SMILES string of the molecule is Cc1cc(C)nc(N2CC(N)(C3CC3)C2)n1. The summed E-state index contributed by atoms with van der Waals surface area (Å²) in [6.45, 7) is 5.85. The summed E-state index contributed by atoms with van der Waals surface area (Å²) in [7, 11) is 0. The van der Waals surface area contributed by atoms with Gasteiger partial charge < -0.3 is 10.6 Å². The molecule has 1 saturated carbocycles. The van der Waals surface area contributed by atoms with Crippen LogP contribution in [-0.2, 0) is 0 Å². The lowest BCUT2D eigenvalue weighted by molar-refractivity contribution is 0.287. The first kappa shape index (κ1) is 10.0. The molecular formula is C12H18N4. The molecule has 1 saturated heterocycles. The fourth-order valence-electron chi connectivity index (χ4n) is 2.57. The van der Waals surface area contributed by atoms with E-state index in [2.05, 4.69) is 14.9 Å². The Bertz CT molecular complexity index is 399. The van der Waals surface area contributed by atoms with E-state index in [9.17, 15) is 0 Å². The molecule has 1 aliphatic carbocycles. The van der Waals surface area contributed by atoms with Crippen LogP contribution in [0.2, 0.25) is 0 Å². The van der Waals surface area contributed by atoms with Gasteiger partial charge in [-0.1, -0.05) is 0 Å². The summed E-state index contributed by atoms with van der Waals surface area (Å²) in [5, 5.41) is 0. The Hall–Kier alpha value is -1.16. The summed E-state index contributed by atoms with van der Waals surface area (Å²) in [4.78, 5) is 11.1. The monoisotopic (exact) mass is 218 g/mol. The number of hydrogen-bond donors (Lipinski definition) is 1. The van der Waals surface area contributed by atoms with Gasteiger partial charge in [-0.15, -0.1) is 0 Å². The largest absolute Gasteiger partial charge is 0.337 e. The molecule has 2 fully saturated rings. The maximum atomic E-state index is 6.31. The molecule has 4 nitrogen and oxygen atoms in total. The zero-order valence-electron chi connectivity index (χ0n) is 9.90. The quantitative estimate of drug-likeness (QED) is 0.805. The third kappa shape index (κ3) is 1.57. The van der Waals surface area contributed by atoms with Crippen LogP contribution in [0, 0.1) is 19.8 Å². The van der Waals surface area contributed by atoms with Gasteiger partial charge in [0.15, 0.2) is 0 Å². The summed E-state index contributed by atoms with van der Waals surface area (Å²) in [6.07, 6.45) is 2.61. The second-order valence-electron chi connectivity index (χ2n) is 5.31. The van der Waals surface area contributed by atoms with Crippen LogP contribution in [0.5, 0.6) is 0 Å². The van der Waals surface area contributed by atoms with Gasteiger partial charge in [0, 0.05) is 24.5 Å². The molecule has 1 aromatic rings. The smallest absolute Gasteiger partial charge is 0.225 e. The van der Waals surface area contributed by atoms with Crippen molar-refractivity contribution in [3.05, 3.63) is 17.5 Å². The van der Waals surface area contributed by atoms with Crippen LogP contribution in [0.15, 0.2) is 6.07 Å². The van der Waals surface area contributed by atoms with E-state index in [4.69, 9.17) is 5.73 Å². The van der Waals surface area contributed by atoms with Crippen LogP contribution in [0.4, 0.5) is 5.95 Å². The van der Waals surface area contributed by atoms with Crippen LogP contribution >= 0.6 is 0 Å². The highest BCUT2D eigenvalue weighted by atomic mass is 15.3. The minimum absolute atomic E-state index is 0.0427. The maximum Gasteiger partial charge on any atom is 0.225 e. The van der Waals surface area contributed by atoms with Crippen molar-refractivity contribution in [2.45, 2.75) is 32.2 Å². The maximum absolute atomic E-state index is 6.31. The van der Waals surface area contributed by atoms with Gasteiger partial charge in [0.2, 0.25) is 5.95 Å². The summed E-state index contributed by atoms with van der Waals surface area (Å²) in [6, 6.07) is 2.00. The Morgan fingerprint density at radius 2 is 1.81 bits per heavy atom. The summed E-state index contributed by atoms with van der Waals surface area (Å²) < 4.78 is 0. The van der Waals surface area contributed by atoms with E-state index < -0.39 is 0 Å². The Morgan fingerprint density at radius 1 is 1.25 bits per heavy atom. The van der Waals surface area contributed by atoms with Crippen LogP contribution in [0.1, 0.15) is 24.2 Å². The lowest BCUT2D eigenvalue weighted by atomic mass is 9.86. The molecule has 0 atom stereocenters. The second-order valence-corrected chi connectivity index (χ2v) is 5.31. The van der Waals surface area contributed by atoms with E-state index in [0.29, 0.717) is 0 Å². The van der Waals surface area contributed by atoms with E-state index in [1.54, 1.807) is 0 Å². The van der Waals surface area contributed by atoms with Crippen molar-refractivity contribution in [2.75, 3.05) is 18.0 Å². The molecule has 2 heterocycles. The molecule has 4 heteroatoms. The van der Waals surface area contributed by atoms with E-state index in [1.807, 2.05) is 19.9 Å². The zero-order chi connectivity index (χ0) is 11.3. The van der Waals surface area contributed by atoms with Crippen molar-refractivity contribution in [2.24, 2.45) is 11.7 Å². The molecule has 0 aromatic carbocycles. The summed E-state index contributed by atoms with van der Waals surface area (Å²) in [5.41, 5.74) is 8.42. The molecule has 16 heavy (non-hydrogen) atoms. The van der Waals surface area contributed by atoms with Crippen LogP contribution < -0.4 is 10.6 Å². The van der Waals surface area contributed by atoms with E-state index in [-0.39, 0.29) is 5.54 Å². The van der Waals surface area contributed by atoms with Gasteiger partial charge >= 0.3 is 0 Å². The first-order valence-electron chi connectivity index (χ1n) is 5.93. The molecule has 0 spiro atoms. The highest BCUT2D eigenvalue weighted by Gasteiger charge is 2.51. The number of nitrogens with zero attached hydrogens (tertiary/aromatic N) is 3. The molecule has 3 rings (SSSR count). The highest BCUT2D eigenvalue weighted by molar-refractivity contribution is 5.40. The van der Waals surface area contributed by atoms with Gasteiger partial charge in [0.25, 0.3) is 0 Å². The molecule has 0 unspecified atom stereocenters.